The zero-order chi connectivity index (χ0) is 15.8. The number of nitrogens with zero attached hydrogens (tertiary/aromatic N) is 3. The number of sulfone groups is 1. The van der Waals surface area contributed by atoms with Crippen LogP contribution in [0.5, 0.6) is 0 Å². The summed E-state index contributed by atoms with van der Waals surface area (Å²) in [7, 11) is -3.95. The van der Waals surface area contributed by atoms with Crippen molar-refractivity contribution < 1.29 is 18.3 Å². The molecule has 0 aliphatic carbocycles. The fraction of sp³-hybridized carbons (Fsp3) is 0.250. The Balaban J connectivity index is 2.59. The highest BCUT2D eigenvalue weighted by Gasteiger charge is 2.36. The number of anilines is 1. The molecule has 2 aromatic rings. The molecule has 1 aromatic carbocycles. The van der Waals surface area contributed by atoms with Gasteiger partial charge in [0.15, 0.2) is 11.4 Å². The van der Waals surface area contributed by atoms with Crippen LogP contribution in [0.15, 0.2) is 40.3 Å². The van der Waals surface area contributed by atoms with Gasteiger partial charge in [-0.1, -0.05) is 23.4 Å². The summed E-state index contributed by atoms with van der Waals surface area (Å²) < 4.78 is 25.7. The Hall–Kier alpha value is -2.42. The first kappa shape index (κ1) is 15.0. The molecule has 0 saturated carbocycles. The van der Waals surface area contributed by atoms with Gasteiger partial charge in [-0.05, 0) is 26.0 Å². The summed E-state index contributed by atoms with van der Waals surface area (Å²) in [6.07, 6.45) is 0. The molecule has 1 aromatic heterocycles. The van der Waals surface area contributed by atoms with Gasteiger partial charge in [0.25, 0.3) is 0 Å². The molecule has 0 atom stereocenters. The standard InChI is InChI=1S/C12H14N4O4S/c1-12(2,11(17)18)16-9(13)10(14-15-16)21(19,20)8-6-4-3-5-7-8/h3-7H,13H2,1-2H3,(H,17,18). The van der Waals surface area contributed by atoms with E-state index in [0.29, 0.717) is 0 Å². The fourth-order valence-electron chi connectivity index (χ4n) is 1.68. The summed E-state index contributed by atoms with van der Waals surface area (Å²) in [6, 6.07) is 7.60. The number of nitrogens with two attached hydrogens (primary N) is 1. The largest absolute Gasteiger partial charge is 0.479 e. The van der Waals surface area contributed by atoms with E-state index in [0.717, 1.165) is 4.68 Å². The van der Waals surface area contributed by atoms with Crippen molar-refractivity contribution in [2.45, 2.75) is 29.3 Å². The highest BCUT2D eigenvalue weighted by atomic mass is 32.2. The quantitative estimate of drug-likeness (QED) is 0.842. The lowest BCUT2D eigenvalue weighted by atomic mass is 10.1. The molecule has 0 radical (unpaired) electrons. The van der Waals surface area contributed by atoms with Crippen LogP contribution in [0, 0.1) is 0 Å². The Labute approximate surface area is 121 Å². The van der Waals surface area contributed by atoms with E-state index in [1.54, 1.807) is 18.2 Å². The number of carboxylic acids is 1. The molecular formula is C12H14N4O4S. The van der Waals surface area contributed by atoms with Crippen molar-refractivity contribution in [1.82, 2.24) is 15.0 Å². The lowest BCUT2D eigenvalue weighted by Gasteiger charge is -2.20. The molecule has 0 aliphatic heterocycles. The van der Waals surface area contributed by atoms with Crippen LogP contribution in [-0.4, -0.2) is 34.5 Å². The van der Waals surface area contributed by atoms with Crippen LogP contribution in [0.4, 0.5) is 5.82 Å². The van der Waals surface area contributed by atoms with E-state index in [-0.39, 0.29) is 10.7 Å². The van der Waals surface area contributed by atoms with E-state index < -0.39 is 26.4 Å². The molecule has 0 bridgehead atoms. The number of aromatic nitrogens is 3. The second-order valence-electron chi connectivity index (χ2n) is 4.87. The highest BCUT2D eigenvalue weighted by molar-refractivity contribution is 7.91. The van der Waals surface area contributed by atoms with Gasteiger partial charge in [-0.2, -0.15) is 0 Å². The number of aliphatic carboxylic acids is 1. The van der Waals surface area contributed by atoms with Gasteiger partial charge in [0.1, 0.15) is 0 Å². The van der Waals surface area contributed by atoms with Crippen LogP contribution in [0.3, 0.4) is 0 Å². The Bertz CT molecular complexity index is 781. The van der Waals surface area contributed by atoms with Crippen LogP contribution in [-0.2, 0) is 20.2 Å². The van der Waals surface area contributed by atoms with Crippen molar-refractivity contribution >= 4 is 21.6 Å². The number of benzene rings is 1. The molecule has 2 rings (SSSR count). The van der Waals surface area contributed by atoms with E-state index in [4.69, 9.17) is 10.8 Å². The Morgan fingerprint density at radius 3 is 2.38 bits per heavy atom. The minimum absolute atomic E-state index is 0.0110. The maximum atomic E-state index is 12.4. The summed E-state index contributed by atoms with van der Waals surface area (Å²) in [5.74, 6) is -1.52. The minimum Gasteiger partial charge on any atom is -0.479 e. The normalized spacial score (nSPS) is 12.3. The van der Waals surface area contributed by atoms with Crippen molar-refractivity contribution in [1.29, 1.82) is 0 Å². The summed E-state index contributed by atoms with van der Waals surface area (Å²) >= 11 is 0. The van der Waals surface area contributed by atoms with Gasteiger partial charge in [0.2, 0.25) is 14.9 Å². The van der Waals surface area contributed by atoms with Gasteiger partial charge < -0.3 is 10.8 Å². The van der Waals surface area contributed by atoms with Crippen LogP contribution in [0.2, 0.25) is 0 Å². The molecule has 3 N–H and O–H groups in total. The average Bonchev–Trinajstić information content (AvgIpc) is 2.82. The number of hydrogen-bond donors (Lipinski definition) is 2. The number of hydrogen-bond acceptors (Lipinski definition) is 6. The first-order chi connectivity index (χ1) is 9.69. The molecule has 0 amide bonds. The molecule has 0 aliphatic rings. The van der Waals surface area contributed by atoms with Gasteiger partial charge in [0.05, 0.1) is 4.90 Å². The predicted molar refractivity (Wildman–Crippen MR) is 73.3 cm³/mol. The zero-order valence-electron chi connectivity index (χ0n) is 11.4. The van der Waals surface area contributed by atoms with Crippen LogP contribution in [0.25, 0.3) is 0 Å². The summed E-state index contributed by atoms with van der Waals surface area (Å²) in [4.78, 5) is 11.2. The molecule has 1 heterocycles. The van der Waals surface area contributed by atoms with Gasteiger partial charge in [-0.3, -0.25) is 0 Å². The van der Waals surface area contributed by atoms with E-state index in [1.165, 1.54) is 26.0 Å². The number of nitrogen functional groups attached to an aromatic ring is 1. The zero-order valence-corrected chi connectivity index (χ0v) is 12.2. The van der Waals surface area contributed by atoms with Gasteiger partial charge in [-0.15, -0.1) is 5.10 Å². The third kappa shape index (κ3) is 2.35. The Kier molecular flexibility index (Phi) is 3.46. The molecule has 0 fully saturated rings. The maximum absolute atomic E-state index is 12.4. The third-order valence-corrected chi connectivity index (χ3v) is 4.73. The molecule has 0 unspecified atom stereocenters. The van der Waals surface area contributed by atoms with E-state index in [9.17, 15) is 13.2 Å². The summed E-state index contributed by atoms with van der Waals surface area (Å²) in [5.41, 5.74) is 4.23. The first-order valence-corrected chi connectivity index (χ1v) is 7.42. The summed E-state index contributed by atoms with van der Waals surface area (Å²) in [5, 5.41) is 15.8. The van der Waals surface area contributed by atoms with Crippen LogP contribution >= 0.6 is 0 Å². The second kappa shape index (κ2) is 4.85. The molecular weight excluding hydrogens is 296 g/mol. The smallest absolute Gasteiger partial charge is 0.331 e. The number of rotatable bonds is 4. The van der Waals surface area contributed by atoms with E-state index in [1.807, 2.05) is 0 Å². The fourth-order valence-corrected chi connectivity index (χ4v) is 2.93. The van der Waals surface area contributed by atoms with Crippen LogP contribution in [0.1, 0.15) is 13.8 Å². The molecule has 112 valence electrons. The SMILES string of the molecule is CC(C)(C(=O)O)n1nnc(S(=O)(=O)c2ccccc2)c1N. The lowest BCUT2D eigenvalue weighted by molar-refractivity contribution is -0.146. The van der Waals surface area contributed by atoms with Crippen molar-refractivity contribution in [3.8, 4) is 0 Å². The van der Waals surface area contributed by atoms with E-state index >= 15 is 0 Å². The Morgan fingerprint density at radius 2 is 1.86 bits per heavy atom. The second-order valence-corrected chi connectivity index (χ2v) is 6.74. The van der Waals surface area contributed by atoms with Crippen molar-refractivity contribution in [2.24, 2.45) is 0 Å². The van der Waals surface area contributed by atoms with E-state index in [2.05, 4.69) is 10.3 Å². The van der Waals surface area contributed by atoms with Crippen LogP contribution < -0.4 is 5.73 Å². The minimum atomic E-state index is -3.95. The van der Waals surface area contributed by atoms with Gasteiger partial charge >= 0.3 is 5.97 Å². The molecule has 0 saturated heterocycles. The number of carboxylic acid groups (broad SMARTS) is 1. The first-order valence-electron chi connectivity index (χ1n) is 5.94. The molecule has 9 heteroatoms. The summed E-state index contributed by atoms with van der Waals surface area (Å²) in [6.45, 7) is 2.69. The molecule has 8 nitrogen and oxygen atoms in total. The Morgan fingerprint density at radius 1 is 1.29 bits per heavy atom. The average molecular weight is 310 g/mol. The maximum Gasteiger partial charge on any atom is 0.331 e. The molecule has 21 heavy (non-hydrogen) atoms. The van der Waals surface area contributed by atoms with Gasteiger partial charge in [0, 0.05) is 0 Å². The monoisotopic (exact) mass is 310 g/mol. The van der Waals surface area contributed by atoms with Crippen molar-refractivity contribution in [3.63, 3.8) is 0 Å². The lowest BCUT2D eigenvalue weighted by Crippen LogP contribution is -2.37. The predicted octanol–water partition coefficient (Wildman–Crippen LogP) is 0.513. The number of carbonyl (C=O) groups is 1. The topological polar surface area (TPSA) is 128 Å². The van der Waals surface area contributed by atoms with Gasteiger partial charge in [-0.25, -0.2) is 17.9 Å². The van der Waals surface area contributed by atoms with Crippen molar-refractivity contribution in [2.75, 3.05) is 5.73 Å². The molecule has 0 spiro atoms. The third-order valence-electron chi connectivity index (χ3n) is 3.03. The highest BCUT2D eigenvalue weighted by Crippen LogP contribution is 2.27. The van der Waals surface area contributed by atoms with Crippen molar-refractivity contribution in [3.05, 3.63) is 30.3 Å².